The van der Waals surface area contributed by atoms with E-state index in [-0.39, 0.29) is 11.5 Å². The summed E-state index contributed by atoms with van der Waals surface area (Å²) in [7, 11) is 0. The molecule has 2 aliphatic heterocycles. The van der Waals surface area contributed by atoms with Crippen molar-refractivity contribution in [2.24, 2.45) is 0 Å². The van der Waals surface area contributed by atoms with E-state index < -0.39 is 0 Å². The number of hydrogen-bond donors (Lipinski definition) is 0. The lowest BCUT2D eigenvalue weighted by Gasteiger charge is -2.36. The third-order valence-electron chi connectivity index (χ3n) is 6.27. The van der Waals surface area contributed by atoms with Gasteiger partial charge in [-0.15, -0.1) is 0 Å². The first-order valence-corrected chi connectivity index (χ1v) is 13.1. The van der Waals surface area contributed by atoms with E-state index in [4.69, 9.17) is 17.2 Å². The van der Waals surface area contributed by atoms with E-state index in [2.05, 4.69) is 34.1 Å². The van der Waals surface area contributed by atoms with E-state index in [9.17, 15) is 9.59 Å². The van der Waals surface area contributed by atoms with Crippen molar-refractivity contribution >= 4 is 51.7 Å². The predicted molar refractivity (Wildman–Crippen MR) is 146 cm³/mol. The highest BCUT2D eigenvalue weighted by Gasteiger charge is 2.32. The summed E-state index contributed by atoms with van der Waals surface area (Å²) in [5.41, 5.74) is 2.13. The Morgan fingerprint density at radius 2 is 1.77 bits per heavy atom. The lowest BCUT2D eigenvalue weighted by molar-refractivity contribution is -0.122. The van der Waals surface area contributed by atoms with E-state index in [0.717, 1.165) is 39.1 Å². The molecule has 0 atom stereocenters. The maximum Gasteiger partial charge on any atom is 0.267 e. The maximum atomic E-state index is 13.6. The molecule has 0 radical (unpaired) electrons. The van der Waals surface area contributed by atoms with Crippen LogP contribution in [0.25, 0.3) is 11.7 Å². The topological polar surface area (TPSA) is 61.2 Å². The Bertz CT molecular complexity index is 1350. The van der Waals surface area contributed by atoms with Crippen molar-refractivity contribution in [3.63, 3.8) is 0 Å². The number of carbonyl (C=O) groups is 1. The summed E-state index contributed by atoms with van der Waals surface area (Å²) in [6.07, 6.45) is 4.22. The molecule has 1 amide bonds. The van der Waals surface area contributed by atoms with Crippen molar-refractivity contribution < 1.29 is 4.79 Å². The number of amides is 1. The van der Waals surface area contributed by atoms with Crippen LogP contribution < -0.4 is 10.5 Å². The van der Waals surface area contributed by atoms with Gasteiger partial charge in [0.05, 0.1) is 10.5 Å². The van der Waals surface area contributed by atoms with Gasteiger partial charge in [0.25, 0.3) is 11.5 Å². The Morgan fingerprint density at radius 1 is 1.03 bits per heavy atom. The van der Waals surface area contributed by atoms with Gasteiger partial charge in [0.1, 0.15) is 15.8 Å². The van der Waals surface area contributed by atoms with Gasteiger partial charge in [-0.25, -0.2) is 4.98 Å². The van der Waals surface area contributed by atoms with Crippen LogP contribution in [0.15, 0.2) is 64.4 Å². The van der Waals surface area contributed by atoms with E-state index in [0.29, 0.717) is 32.8 Å². The summed E-state index contributed by atoms with van der Waals surface area (Å²) >= 11 is 6.68. The molecule has 2 fully saturated rings. The number of thioether (sulfide) groups is 1. The number of carbonyl (C=O) groups excluding carboxylic acids is 1. The highest BCUT2D eigenvalue weighted by molar-refractivity contribution is 8.26. The van der Waals surface area contributed by atoms with E-state index in [1.165, 1.54) is 21.7 Å². The highest BCUT2D eigenvalue weighted by Crippen LogP contribution is 2.33. The van der Waals surface area contributed by atoms with Crippen LogP contribution in [0.3, 0.4) is 0 Å². The summed E-state index contributed by atoms with van der Waals surface area (Å²) in [5, 5.41) is 0. The normalized spacial score (nSPS) is 18.3. The van der Waals surface area contributed by atoms with Gasteiger partial charge in [0.2, 0.25) is 0 Å². The number of nitrogens with zero attached hydrogens (tertiary/aromatic N) is 5. The van der Waals surface area contributed by atoms with Crippen LogP contribution in [0.1, 0.15) is 24.5 Å². The monoisotopic (exact) mass is 505 g/mol. The Kier molecular flexibility index (Phi) is 6.99. The van der Waals surface area contributed by atoms with Crippen LogP contribution in [0.4, 0.5) is 5.82 Å². The molecule has 2 aromatic heterocycles. The largest absolute Gasteiger partial charge is 0.353 e. The average molecular weight is 506 g/mol. The molecule has 0 bridgehead atoms. The Morgan fingerprint density at radius 3 is 2.51 bits per heavy atom. The molecular weight excluding hydrogens is 478 g/mol. The number of anilines is 1. The first kappa shape index (κ1) is 23.7. The van der Waals surface area contributed by atoms with E-state index >= 15 is 0 Å². The van der Waals surface area contributed by atoms with Crippen LogP contribution in [0.5, 0.6) is 0 Å². The minimum atomic E-state index is -0.182. The number of rotatable bonds is 6. The van der Waals surface area contributed by atoms with Crippen LogP contribution in [-0.2, 0) is 11.3 Å². The summed E-state index contributed by atoms with van der Waals surface area (Å²) in [4.78, 5) is 38.1. The second-order valence-corrected chi connectivity index (χ2v) is 10.3. The quantitative estimate of drug-likeness (QED) is 0.375. The average Bonchev–Trinajstić information content (AvgIpc) is 3.14. The molecule has 2 aliphatic rings. The molecule has 9 heteroatoms. The third-order valence-corrected chi connectivity index (χ3v) is 7.64. The summed E-state index contributed by atoms with van der Waals surface area (Å²) in [6, 6.07) is 16.0. The van der Waals surface area contributed by atoms with Gasteiger partial charge >= 0.3 is 0 Å². The standard InChI is InChI=1S/C26H27N5O2S2/c1-2-11-31-25(33)21(35-26(31)34)17-20-23(27-22-10-6-7-12-30(22)24(20)32)29-15-13-28(14-16-29)18-19-8-4-3-5-9-19/h3-10,12,17H,2,11,13-16,18H2,1H3/b21-17+. The summed E-state index contributed by atoms with van der Waals surface area (Å²) in [5.74, 6) is 0.486. The molecule has 180 valence electrons. The first-order chi connectivity index (χ1) is 17.0. The molecule has 7 nitrogen and oxygen atoms in total. The number of fused-ring (bicyclic) bond motifs is 1. The molecule has 5 rings (SSSR count). The molecular formula is C26H27N5O2S2. The third kappa shape index (κ3) is 4.89. The SMILES string of the molecule is CCCN1C(=O)/C(=C\c2c(N3CCN(Cc4ccccc4)CC3)nc3ccccn3c2=O)SC1=S. The molecule has 1 aromatic carbocycles. The molecule has 35 heavy (non-hydrogen) atoms. The Balaban J connectivity index is 1.47. The zero-order chi connectivity index (χ0) is 24.4. The minimum Gasteiger partial charge on any atom is -0.353 e. The number of benzene rings is 1. The van der Waals surface area contributed by atoms with Gasteiger partial charge in [-0.3, -0.25) is 23.8 Å². The summed E-state index contributed by atoms with van der Waals surface area (Å²) < 4.78 is 2.07. The fourth-order valence-corrected chi connectivity index (χ4v) is 5.76. The molecule has 0 N–H and O–H groups in total. The van der Waals surface area contributed by atoms with Crippen LogP contribution in [0, 0.1) is 0 Å². The molecule has 0 aliphatic carbocycles. The van der Waals surface area contributed by atoms with E-state index in [1.807, 2.05) is 31.2 Å². The smallest absolute Gasteiger partial charge is 0.267 e. The number of aromatic nitrogens is 2. The van der Waals surface area contributed by atoms with Crippen molar-refractivity contribution in [3.8, 4) is 0 Å². The molecule has 2 saturated heterocycles. The fraction of sp³-hybridized carbons (Fsp3) is 0.308. The lowest BCUT2D eigenvalue weighted by Crippen LogP contribution is -2.47. The summed E-state index contributed by atoms with van der Waals surface area (Å²) in [6.45, 7) is 6.71. The van der Waals surface area contributed by atoms with Crippen molar-refractivity contribution in [3.05, 3.63) is 81.1 Å². The number of hydrogen-bond acceptors (Lipinski definition) is 7. The van der Waals surface area contributed by atoms with Crippen molar-refractivity contribution in [1.82, 2.24) is 19.2 Å². The van der Waals surface area contributed by atoms with Gasteiger partial charge in [-0.2, -0.15) is 0 Å². The zero-order valence-corrected chi connectivity index (χ0v) is 21.2. The second-order valence-electron chi connectivity index (χ2n) is 8.67. The highest BCUT2D eigenvalue weighted by atomic mass is 32.2. The molecule has 0 spiro atoms. The van der Waals surface area contributed by atoms with Crippen LogP contribution in [-0.4, -0.2) is 62.1 Å². The Hall–Kier alpha value is -3.01. The lowest BCUT2D eigenvalue weighted by atomic mass is 10.2. The maximum absolute atomic E-state index is 13.6. The fourth-order valence-electron chi connectivity index (χ4n) is 4.47. The molecule has 3 aromatic rings. The number of thiocarbonyl (C=S) groups is 1. The number of piperazine rings is 1. The minimum absolute atomic E-state index is 0.141. The van der Waals surface area contributed by atoms with Crippen LogP contribution in [0.2, 0.25) is 0 Å². The second kappa shape index (κ2) is 10.3. The van der Waals surface area contributed by atoms with Gasteiger partial charge in [-0.1, -0.05) is 67.3 Å². The van der Waals surface area contributed by atoms with Gasteiger partial charge < -0.3 is 4.90 Å². The zero-order valence-electron chi connectivity index (χ0n) is 19.6. The molecule has 0 saturated carbocycles. The van der Waals surface area contributed by atoms with Crippen LogP contribution >= 0.6 is 24.0 Å². The van der Waals surface area contributed by atoms with Gasteiger partial charge in [0, 0.05) is 45.5 Å². The molecule has 0 unspecified atom stereocenters. The predicted octanol–water partition coefficient (Wildman–Crippen LogP) is 3.63. The van der Waals surface area contributed by atoms with Gasteiger partial charge in [0.15, 0.2) is 0 Å². The van der Waals surface area contributed by atoms with Gasteiger partial charge in [-0.05, 0) is 30.2 Å². The Labute approximate surface area is 214 Å². The van der Waals surface area contributed by atoms with Crippen molar-refractivity contribution in [2.45, 2.75) is 19.9 Å². The molecule has 4 heterocycles. The van der Waals surface area contributed by atoms with Crippen molar-refractivity contribution in [2.75, 3.05) is 37.6 Å². The number of pyridine rings is 1. The van der Waals surface area contributed by atoms with Crippen molar-refractivity contribution in [1.29, 1.82) is 0 Å². The first-order valence-electron chi connectivity index (χ1n) is 11.8. The van der Waals surface area contributed by atoms with E-state index in [1.54, 1.807) is 17.2 Å².